The quantitative estimate of drug-likeness (QED) is 0.420. The topological polar surface area (TPSA) is 74.6 Å². The van der Waals surface area contributed by atoms with E-state index in [-0.39, 0.29) is 9.75 Å². The first kappa shape index (κ1) is 19.5. The largest absolute Gasteiger partial charge is 0.477 e. The Labute approximate surface area is 170 Å². The average Bonchev–Trinajstić information content (AvgIpc) is 3.41. The van der Waals surface area contributed by atoms with Crippen molar-refractivity contribution in [2.45, 2.75) is 0 Å². The molecule has 140 valence electrons. The van der Waals surface area contributed by atoms with Crippen molar-refractivity contribution in [1.82, 2.24) is 0 Å². The third kappa shape index (κ3) is 4.36. The summed E-state index contributed by atoms with van der Waals surface area (Å²) in [5.74, 6) is -2.25. The van der Waals surface area contributed by atoms with E-state index < -0.39 is 11.9 Å². The first-order valence-corrected chi connectivity index (χ1v) is 10.1. The standard InChI is InChI=1S/C18H12O4S.C4H4S/c19-17(20)15-13(11-7-3-1-4-8-11)14(16(23-15)18(21)22)12-9-5-2-6-10-12;1-2-4-5-3-1/h1-10H,(H,19,20)(H,21,22);1-4H. The summed E-state index contributed by atoms with van der Waals surface area (Å²) >= 11 is 2.51. The predicted molar refractivity (Wildman–Crippen MR) is 113 cm³/mol. The van der Waals surface area contributed by atoms with Crippen molar-refractivity contribution in [3.05, 3.63) is 93.3 Å². The van der Waals surface area contributed by atoms with E-state index in [9.17, 15) is 19.8 Å². The van der Waals surface area contributed by atoms with E-state index in [1.54, 1.807) is 59.9 Å². The molecule has 0 unspecified atom stereocenters. The van der Waals surface area contributed by atoms with Crippen molar-refractivity contribution in [3.8, 4) is 22.3 Å². The Morgan fingerprint density at radius 1 is 0.607 bits per heavy atom. The van der Waals surface area contributed by atoms with Crippen molar-refractivity contribution in [1.29, 1.82) is 0 Å². The van der Waals surface area contributed by atoms with Crippen LogP contribution < -0.4 is 0 Å². The van der Waals surface area contributed by atoms with Crippen LogP contribution in [0.1, 0.15) is 19.3 Å². The number of hydrogen-bond donors (Lipinski definition) is 2. The molecule has 2 N–H and O–H groups in total. The first-order valence-electron chi connectivity index (χ1n) is 8.31. The van der Waals surface area contributed by atoms with Gasteiger partial charge in [0.1, 0.15) is 9.75 Å². The van der Waals surface area contributed by atoms with Gasteiger partial charge >= 0.3 is 11.9 Å². The molecule has 0 radical (unpaired) electrons. The number of aromatic carboxylic acids is 2. The predicted octanol–water partition coefficient (Wildman–Crippen LogP) is 6.23. The molecule has 2 aromatic heterocycles. The number of benzene rings is 2. The van der Waals surface area contributed by atoms with Crippen LogP contribution >= 0.6 is 22.7 Å². The van der Waals surface area contributed by atoms with E-state index in [0.29, 0.717) is 22.3 Å². The van der Waals surface area contributed by atoms with Crippen LogP contribution in [-0.4, -0.2) is 22.2 Å². The Morgan fingerprint density at radius 2 is 1.00 bits per heavy atom. The van der Waals surface area contributed by atoms with Gasteiger partial charge in [-0.25, -0.2) is 9.59 Å². The highest BCUT2D eigenvalue weighted by molar-refractivity contribution is 7.17. The number of carboxylic acid groups (broad SMARTS) is 2. The number of rotatable bonds is 4. The van der Waals surface area contributed by atoms with Crippen molar-refractivity contribution < 1.29 is 19.8 Å². The molecule has 28 heavy (non-hydrogen) atoms. The van der Waals surface area contributed by atoms with Crippen LogP contribution in [0.2, 0.25) is 0 Å². The van der Waals surface area contributed by atoms with Crippen LogP contribution in [0, 0.1) is 0 Å². The molecule has 4 nitrogen and oxygen atoms in total. The maximum Gasteiger partial charge on any atom is 0.346 e. The molecular weight excluding hydrogens is 392 g/mol. The lowest BCUT2D eigenvalue weighted by Gasteiger charge is -2.07. The molecule has 0 bridgehead atoms. The van der Waals surface area contributed by atoms with Crippen molar-refractivity contribution in [2.75, 3.05) is 0 Å². The zero-order chi connectivity index (χ0) is 19.9. The van der Waals surface area contributed by atoms with E-state index in [1.807, 2.05) is 35.0 Å². The highest BCUT2D eigenvalue weighted by atomic mass is 32.1. The van der Waals surface area contributed by atoms with E-state index in [4.69, 9.17) is 0 Å². The molecule has 6 heteroatoms. The summed E-state index contributed by atoms with van der Waals surface area (Å²) in [6, 6.07) is 22.0. The zero-order valence-electron chi connectivity index (χ0n) is 14.6. The van der Waals surface area contributed by atoms with Crippen LogP contribution in [0.4, 0.5) is 0 Å². The molecule has 2 heterocycles. The highest BCUT2D eigenvalue weighted by Gasteiger charge is 2.27. The van der Waals surface area contributed by atoms with Gasteiger partial charge < -0.3 is 10.2 Å². The Bertz CT molecular complexity index is 964. The average molecular weight is 409 g/mol. The third-order valence-electron chi connectivity index (χ3n) is 3.85. The summed E-state index contributed by atoms with van der Waals surface area (Å²) in [5, 5.41) is 23.1. The molecule has 0 saturated carbocycles. The van der Waals surface area contributed by atoms with E-state index in [0.717, 1.165) is 11.3 Å². The Hall–Kier alpha value is -3.22. The van der Waals surface area contributed by atoms with Gasteiger partial charge in [-0.05, 0) is 21.9 Å². The summed E-state index contributed by atoms with van der Waals surface area (Å²) in [7, 11) is 0. The van der Waals surface area contributed by atoms with Gasteiger partial charge in [0, 0.05) is 11.1 Å². The van der Waals surface area contributed by atoms with Crippen LogP contribution in [0.25, 0.3) is 22.3 Å². The normalized spacial score (nSPS) is 10.0. The molecule has 0 fully saturated rings. The van der Waals surface area contributed by atoms with Gasteiger partial charge in [-0.1, -0.05) is 72.8 Å². The summed E-state index contributed by atoms with van der Waals surface area (Å²) < 4.78 is 0. The molecule has 0 spiro atoms. The lowest BCUT2D eigenvalue weighted by molar-refractivity contribution is 0.0694. The molecule has 4 rings (SSSR count). The Kier molecular flexibility index (Phi) is 6.37. The minimum Gasteiger partial charge on any atom is -0.477 e. The molecule has 0 amide bonds. The third-order valence-corrected chi connectivity index (χ3v) is 5.64. The van der Waals surface area contributed by atoms with Gasteiger partial charge in [0.15, 0.2) is 0 Å². The zero-order valence-corrected chi connectivity index (χ0v) is 16.2. The number of carbonyl (C=O) groups is 2. The molecule has 0 aliphatic heterocycles. The van der Waals surface area contributed by atoms with Gasteiger partial charge in [0.25, 0.3) is 0 Å². The van der Waals surface area contributed by atoms with E-state index in [1.165, 1.54) is 0 Å². The maximum atomic E-state index is 11.6. The van der Waals surface area contributed by atoms with Crippen molar-refractivity contribution in [2.24, 2.45) is 0 Å². The fourth-order valence-electron chi connectivity index (χ4n) is 2.72. The smallest absolute Gasteiger partial charge is 0.346 e. The second kappa shape index (κ2) is 9.12. The summed E-state index contributed by atoms with van der Waals surface area (Å²) in [4.78, 5) is 23.3. The summed E-state index contributed by atoms with van der Waals surface area (Å²) in [6.07, 6.45) is 0. The second-order valence-corrected chi connectivity index (χ2v) is 7.48. The summed E-state index contributed by atoms with van der Waals surface area (Å²) in [6.45, 7) is 0. The fourth-order valence-corrected chi connectivity index (χ4v) is 4.20. The molecular formula is C22H16O4S2. The lowest BCUT2D eigenvalue weighted by Crippen LogP contribution is -1.96. The molecule has 0 saturated heterocycles. The molecule has 0 aliphatic carbocycles. The molecule has 0 aliphatic rings. The first-order chi connectivity index (χ1) is 13.6. The number of carboxylic acids is 2. The van der Waals surface area contributed by atoms with Crippen molar-refractivity contribution >= 4 is 34.6 Å². The minimum atomic E-state index is -1.13. The molecule has 0 atom stereocenters. The van der Waals surface area contributed by atoms with Crippen LogP contribution in [0.3, 0.4) is 0 Å². The van der Waals surface area contributed by atoms with Gasteiger partial charge in [-0.3, -0.25) is 0 Å². The monoisotopic (exact) mass is 408 g/mol. The van der Waals surface area contributed by atoms with Gasteiger partial charge in [-0.15, -0.1) is 11.3 Å². The van der Waals surface area contributed by atoms with Crippen molar-refractivity contribution in [3.63, 3.8) is 0 Å². The molecule has 4 aromatic rings. The summed E-state index contributed by atoms with van der Waals surface area (Å²) in [5.41, 5.74) is 2.28. The van der Waals surface area contributed by atoms with E-state index >= 15 is 0 Å². The van der Waals surface area contributed by atoms with Crippen LogP contribution in [-0.2, 0) is 0 Å². The number of hydrogen-bond acceptors (Lipinski definition) is 4. The van der Waals surface area contributed by atoms with Gasteiger partial charge in [-0.2, -0.15) is 11.3 Å². The second-order valence-electron chi connectivity index (χ2n) is 5.65. The maximum absolute atomic E-state index is 11.6. The SMILES string of the molecule is O=C(O)c1sc(C(=O)O)c(-c2ccccc2)c1-c1ccccc1.c1ccsc1. The minimum absolute atomic E-state index is 0.0347. The Morgan fingerprint density at radius 3 is 1.29 bits per heavy atom. The highest BCUT2D eigenvalue weighted by Crippen LogP contribution is 2.43. The van der Waals surface area contributed by atoms with Crippen LogP contribution in [0.5, 0.6) is 0 Å². The fraction of sp³-hybridized carbons (Fsp3) is 0. The Balaban J connectivity index is 0.000000391. The molecule has 2 aromatic carbocycles. The van der Waals surface area contributed by atoms with Gasteiger partial charge in [0.2, 0.25) is 0 Å². The lowest BCUT2D eigenvalue weighted by atomic mass is 9.95. The number of thiophene rings is 2. The van der Waals surface area contributed by atoms with E-state index in [2.05, 4.69) is 0 Å². The van der Waals surface area contributed by atoms with Crippen LogP contribution in [0.15, 0.2) is 83.6 Å². The van der Waals surface area contributed by atoms with Gasteiger partial charge in [0.05, 0.1) is 0 Å².